The number of anilines is 2. The lowest BCUT2D eigenvalue weighted by Crippen LogP contribution is -2.72. The van der Waals surface area contributed by atoms with Crippen LogP contribution in [0.2, 0.25) is 20.1 Å². The first-order chi connectivity index (χ1) is 15.2. The minimum absolute atomic E-state index is 0.151. The number of hydrogen-bond acceptors (Lipinski definition) is 5. The maximum absolute atomic E-state index is 13.0. The predicted octanol–water partition coefficient (Wildman–Crippen LogP) is 3.43. The molecule has 4 rings (SSSR count). The number of carbonyl (C=O) groups is 3. The molecule has 8 nitrogen and oxygen atoms in total. The van der Waals surface area contributed by atoms with Gasteiger partial charge in [-0.05, 0) is 36.4 Å². The molecule has 0 aliphatic carbocycles. The highest BCUT2D eigenvalue weighted by Crippen LogP contribution is 2.31. The molecule has 2 heterocycles. The van der Waals surface area contributed by atoms with Gasteiger partial charge in [-0.3, -0.25) is 19.7 Å². The van der Waals surface area contributed by atoms with Crippen LogP contribution in [0.3, 0.4) is 0 Å². The molecule has 2 aliphatic rings. The number of nitrogens with one attached hydrogen (secondary N) is 5. The zero-order chi connectivity index (χ0) is 23.0. The highest BCUT2D eigenvalue weighted by molar-refractivity contribution is 6.36. The first kappa shape index (κ1) is 22.9. The first-order valence-corrected chi connectivity index (χ1v) is 11.1. The van der Waals surface area contributed by atoms with Crippen LogP contribution in [0.4, 0.5) is 11.4 Å². The van der Waals surface area contributed by atoms with Crippen LogP contribution >= 0.6 is 46.4 Å². The van der Waals surface area contributed by atoms with Crippen LogP contribution in [0.25, 0.3) is 0 Å². The second-order valence-electron chi connectivity index (χ2n) is 7.37. The summed E-state index contributed by atoms with van der Waals surface area (Å²) in [6, 6.07) is 9.49. The Kier molecular flexibility index (Phi) is 6.69. The Morgan fingerprint density at radius 1 is 0.906 bits per heavy atom. The Labute approximate surface area is 203 Å². The molecule has 0 aromatic heterocycles. The summed E-state index contributed by atoms with van der Waals surface area (Å²) >= 11 is 24.2. The van der Waals surface area contributed by atoms with Crippen molar-refractivity contribution < 1.29 is 14.4 Å². The minimum atomic E-state index is -0.920. The van der Waals surface area contributed by atoms with Crippen molar-refractivity contribution in [3.63, 3.8) is 0 Å². The fraction of sp³-hybridized carbons (Fsp3) is 0.250. The van der Waals surface area contributed by atoms with Crippen LogP contribution in [0.5, 0.6) is 0 Å². The van der Waals surface area contributed by atoms with Gasteiger partial charge < -0.3 is 21.3 Å². The van der Waals surface area contributed by atoms with E-state index >= 15 is 0 Å². The minimum Gasteiger partial charge on any atom is -0.352 e. The molecule has 3 amide bonds. The number of benzene rings is 2. The van der Waals surface area contributed by atoms with Crippen LogP contribution in [-0.2, 0) is 14.4 Å². The van der Waals surface area contributed by atoms with Gasteiger partial charge in [0.1, 0.15) is 0 Å². The highest BCUT2D eigenvalue weighted by atomic mass is 35.5. The van der Waals surface area contributed by atoms with Gasteiger partial charge in [-0.25, -0.2) is 0 Å². The Morgan fingerprint density at radius 3 is 2.38 bits per heavy atom. The monoisotopic (exact) mass is 515 g/mol. The van der Waals surface area contributed by atoms with E-state index in [0.29, 0.717) is 26.4 Å². The van der Waals surface area contributed by atoms with Gasteiger partial charge in [-0.15, -0.1) is 0 Å². The Hall–Kier alpha value is -2.23. The molecule has 0 radical (unpaired) electrons. The van der Waals surface area contributed by atoms with E-state index in [-0.39, 0.29) is 17.4 Å². The Bertz CT molecular complexity index is 1100. The average molecular weight is 517 g/mol. The van der Waals surface area contributed by atoms with E-state index < -0.39 is 36.1 Å². The van der Waals surface area contributed by atoms with Crippen LogP contribution in [-0.4, -0.2) is 30.2 Å². The summed E-state index contributed by atoms with van der Waals surface area (Å²) in [6.45, 7) is 0. The van der Waals surface area contributed by atoms with Crippen molar-refractivity contribution in [1.82, 2.24) is 16.0 Å². The molecule has 0 spiro atoms. The summed E-state index contributed by atoms with van der Waals surface area (Å²) < 4.78 is 0. The predicted molar refractivity (Wildman–Crippen MR) is 124 cm³/mol. The van der Waals surface area contributed by atoms with Gasteiger partial charge >= 0.3 is 0 Å². The van der Waals surface area contributed by atoms with Crippen LogP contribution < -0.4 is 26.6 Å². The molecular weight excluding hydrogens is 500 g/mol. The van der Waals surface area contributed by atoms with E-state index in [2.05, 4.69) is 26.6 Å². The summed E-state index contributed by atoms with van der Waals surface area (Å²) in [7, 11) is 0. The van der Waals surface area contributed by atoms with Crippen LogP contribution in [0, 0.1) is 11.8 Å². The van der Waals surface area contributed by atoms with Gasteiger partial charge in [-0.2, -0.15) is 0 Å². The van der Waals surface area contributed by atoms with Gasteiger partial charge in [0.15, 0.2) is 6.29 Å². The quantitative estimate of drug-likeness (QED) is 0.427. The summed E-state index contributed by atoms with van der Waals surface area (Å²) in [6.07, 6.45) is -1.67. The molecule has 12 heteroatoms. The third-order valence-electron chi connectivity index (χ3n) is 5.20. The van der Waals surface area contributed by atoms with E-state index in [1.807, 2.05) is 0 Å². The molecular formula is C20H17Cl4N5O3. The normalized spacial score (nSPS) is 24.8. The van der Waals surface area contributed by atoms with Crippen molar-refractivity contribution >= 4 is 75.5 Å². The molecule has 2 aromatic rings. The maximum Gasteiger partial charge on any atom is 0.229 e. The molecule has 32 heavy (non-hydrogen) atoms. The van der Waals surface area contributed by atoms with Gasteiger partial charge in [0.2, 0.25) is 17.7 Å². The van der Waals surface area contributed by atoms with Crippen LogP contribution in [0.15, 0.2) is 36.4 Å². The van der Waals surface area contributed by atoms with Gasteiger partial charge in [0, 0.05) is 16.5 Å². The molecule has 2 saturated heterocycles. The smallest absolute Gasteiger partial charge is 0.229 e. The summed E-state index contributed by atoms with van der Waals surface area (Å²) in [5.41, 5.74) is 0.826. The zero-order valence-electron chi connectivity index (χ0n) is 16.2. The van der Waals surface area contributed by atoms with E-state index in [9.17, 15) is 14.4 Å². The van der Waals surface area contributed by atoms with Gasteiger partial charge in [0.05, 0.1) is 39.4 Å². The van der Waals surface area contributed by atoms with Crippen molar-refractivity contribution in [3.05, 3.63) is 56.5 Å². The van der Waals surface area contributed by atoms with E-state index in [4.69, 9.17) is 46.4 Å². The summed E-state index contributed by atoms with van der Waals surface area (Å²) in [5, 5.41) is 15.8. The largest absolute Gasteiger partial charge is 0.352 e. The second kappa shape index (κ2) is 9.33. The number of carbonyl (C=O) groups excluding carboxylic acids is 3. The van der Waals surface area contributed by atoms with Gasteiger partial charge in [-0.1, -0.05) is 46.4 Å². The molecule has 4 atom stereocenters. The lowest BCUT2D eigenvalue weighted by atomic mass is 9.81. The van der Waals surface area contributed by atoms with Crippen LogP contribution in [0.1, 0.15) is 6.42 Å². The number of hydrogen-bond donors (Lipinski definition) is 5. The molecule has 2 aromatic carbocycles. The third kappa shape index (κ3) is 4.89. The first-order valence-electron chi connectivity index (χ1n) is 9.54. The number of fused-ring (bicyclic) bond motifs is 1. The summed E-state index contributed by atoms with van der Waals surface area (Å²) in [5.74, 6) is -3.05. The number of halogens is 4. The lowest BCUT2D eigenvalue weighted by molar-refractivity contribution is -0.144. The molecule has 0 bridgehead atoms. The maximum atomic E-state index is 13.0. The standard InChI is InChI=1S/C20H17Cl4N5O3/c21-8-2-4-13(12(24)5-8)26-20-28-17-16(19(32)29-20)10(7-15(30)27-17)18(31)25-14-6-9(22)1-3-11(14)23/h1-6,10,16-17,20,26,28H,7H2,(H,25,31)(H,27,30)(H,29,32). The van der Waals surface area contributed by atoms with Crippen molar-refractivity contribution in [2.75, 3.05) is 10.6 Å². The Balaban J connectivity index is 1.50. The molecule has 168 valence electrons. The fourth-order valence-electron chi connectivity index (χ4n) is 3.73. The molecule has 2 aliphatic heterocycles. The van der Waals surface area contributed by atoms with E-state index in [1.165, 1.54) is 6.07 Å². The lowest BCUT2D eigenvalue weighted by Gasteiger charge is -2.43. The van der Waals surface area contributed by atoms with Crippen molar-refractivity contribution in [2.24, 2.45) is 11.8 Å². The number of amides is 3. The number of rotatable bonds is 4. The van der Waals surface area contributed by atoms with E-state index in [0.717, 1.165) is 0 Å². The molecule has 4 unspecified atom stereocenters. The highest BCUT2D eigenvalue weighted by Gasteiger charge is 2.48. The molecule has 0 saturated carbocycles. The second-order valence-corrected chi connectivity index (χ2v) is 9.06. The van der Waals surface area contributed by atoms with E-state index in [1.54, 1.807) is 30.3 Å². The Morgan fingerprint density at radius 2 is 1.62 bits per heavy atom. The third-order valence-corrected chi connectivity index (χ3v) is 6.32. The SMILES string of the molecule is O=C1CC(C(=O)Nc2cc(Cl)ccc2Cl)C2C(=O)NC(Nc3ccc(Cl)cc3Cl)NC2N1. The van der Waals surface area contributed by atoms with Crippen molar-refractivity contribution in [2.45, 2.75) is 18.9 Å². The topological polar surface area (TPSA) is 111 Å². The fourth-order valence-corrected chi connectivity index (χ4v) is 4.53. The zero-order valence-corrected chi connectivity index (χ0v) is 19.2. The molecule has 2 fully saturated rings. The number of piperidine rings is 1. The van der Waals surface area contributed by atoms with Crippen molar-refractivity contribution in [1.29, 1.82) is 0 Å². The molecule has 5 N–H and O–H groups in total. The van der Waals surface area contributed by atoms with Crippen molar-refractivity contribution in [3.8, 4) is 0 Å². The summed E-state index contributed by atoms with van der Waals surface area (Å²) in [4.78, 5) is 38.2. The average Bonchev–Trinajstić information content (AvgIpc) is 2.72. The van der Waals surface area contributed by atoms with Gasteiger partial charge in [0.25, 0.3) is 0 Å².